The molecule has 22 heavy (non-hydrogen) atoms. The van der Waals surface area contributed by atoms with Gasteiger partial charge < -0.3 is 20.3 Å². The van der Waals surface area contributed by atoms with Crippen LogP contribution in [0.3, 0.4) is 0 Å². The summed E-state index contributed by atoms with van der Waals surface area (Å²) in [5.41, 5.74) is 2.46. The lowest BCUT2D eigenvalue weighted by molar-refractivity contribution is -0.116. The summed E-state index contributed by atoms with van der Waals surface area (Å²) in [6, 6.07) is 6.39. The second-order valence-corrected chi connectivity index (χ2v) is 5.27. The van der Waals surface area contributed by atoms with E-state index in [-0.39, 0.29) is 23.8 Å². The van der Waals surface area contributed by atoms with Crippen LogP contribution in [0.1, 0.15) is 29.3 Å². The number of rotatable bonds is 2. The molecule has 2 heterocycles. The number of nitrogens with zero attached hydrogens (tertiary/aromatic N) is 1. The van der Waals surface area contributed by atoms with Crippen LogP contribution in [0, 0.1) is 6.92 Å². The number of aromatic hydroxyl groups is 2. The van der Waals surface area contributed by atoms with E-state index < -0.39 is 5.92 Å². The molecule has 1 atom stereocenters. The number of methoxy groups -OCH3 is 1. The van der Waals surface area contributed by atoms with E-state index in [1.807, 2.05) is 6.92 Å². The summed E-state index contributed by atoms with van der Waals surface area (Å²) in [7, 11) is 1.46. The predicted octanol–water partition coefficient (Wildman–Crippen LogP) is 2.28. The zero-order valence-corrected chi connectivity index (χ0v) is 12.3. The smallest absolute Gasteiger partial charge is 0.225 e. The Balaban J connectivity index is 2.18. The van der Waals surface area contributed by atoms with Gasteiger partial charge in [-0.25, -0.2) is 0 Å². The van der Waals surface area contributed by atoms with Gasteiger partial charge in [-0.05, 0) is 30.7 Å². The Morgan fingerprint density at radius 1 is 1.27 bits per heavy atom. The first-order valence-electron chi connectivity index (χ1n) is 6.87. The first kappa shape index (κ1) is 14.2. The van der Waals surface area contributed by atoms with Crippen LogP contribution >= 0.6 is 0 Å². The maximum Gasteiger partial charge on any atom is 0.225 e. The summed E-state index contributed by atoms with van der Waals surface area (Å²) in [4.78, 5) is 16.3. The van der Waals surface area contributed by atoms with E-state index in [2.05, 4.69) is 10.3 Å². The fraction of sp³-hybridized carbons (Fsp3) is 0.250. The number of aromatic nitrogens is 1. The van der Waals surface area contributed by atoms with E-state index >= 15 is 0 Å². The topological polar surface area (TPSA) is 91.7 Å². The summed E-state index contributed by atoms with van der Waals surface area (Å²) in [5, 5.41) is 22.7. The number of hydrogen-bond acceptors (Lipinski definition) is 5. The van der Waals surface area contributed by atoms with Crippen molar-refractivity contribution in [1.29, 1.82) is 0 Å². The molecule has 0 spiro atoms. The second-order valence-electron chi connectivity index (χ2n) is 5.27. The highest BCUT2D eigenvalue weighted by molar-refractivity contribution is 5.96. The van der Waals surface area contributed by atoms with E-state index in [4.69, 9.17) is 4.74 Å². The molecule has 6 nitrogen and oxygen atoms in total. The summed E-state index contributed by atoms with van der Waals surface area (Å²) in [6.45, 7) is 1.82. The molecule has 2 aromatic rings. The molecule has 6 heteroatoms. The minimum Gasteiger partial charge on any atom is -0.506 e. The molecular formula is C16H16N2O4. The van der Waals surface area contributed by atoms with Gasteiger partial charge in [0.05, 0.1) is 12.8 Å². The summed E-state index contributed by atoms with van der Waals surface area (Å²) in [6.07, 6.45) is 0.172. The van der Waals surface area contributed by atoms with E-state index in [0.29, 0.717) is 17.1 Å². The van der Waals surface area contributed by atoms with E-state index in [1.165, 1.54) is 13.2 Å². The van der Waals surface area contributed by atoms with Crippen LogP contribution in [-0.2, 0) is 4.79 Å². The average molecular weight is 300 g/mol. The Hall–Kier alpha value is -2.76. The number of benzene rings is 1. The zero-order chi connectivity index (χ0) is 15.9. The van der Waals surface area contributed by atoms with Gasteiger partial charge in [0, 0.05) is 29.8 Å². The maximum absolute atomic E-state index is 11.9. The van der Waals surface area contributed by atoms with Gasteiger partial charge in [0.25, 0.3) is 0 Å². The number of nitrogens with one attached hydrogen (secondary N) is 1. The molecule has 0 unspecified atom stereocenters. The van der Waals surface area contributed by atoms with Crippen LogP contribution in [0.15, 0.2) is 24.3 Å². The molecule has 1 aliphatic heterocycles. The van der Waals surface area contributed by atoms with Crippen molar-refractivity contribution in [3.63, 3.8) is 0 Å². The number of carbonyl (C=O) groups excluding carboxylic acids is 1. The van der Waals surface area contributed by atoms with Crippen molar-refractivity contribution in [1.82, 2.24) is 4.98 Å². The van der Waals surface area contributed by atoms with Gasteiger partial charge in [0.2, 0.25) is 5.91 Å². The number of aryl methyl sites for hydroxylation is 1. The lowest BCUT2D eigenvalue weighted by atomic mass is 9.86. The Bertz CT molecular complexity index is 758. The van der Waals surface area contributed by atoms with Crippen molar-refractivity contribution in [3.8, 4) is 17.2 Å². The number of fused-ring (bicyclic) bond motifs is 1. The normalized spacial score (nSPS) is 16.8. The number of ether oxygens (including phenoxy) is 1. The highest BCUT2D eigenvalue weighted by atomic mass is 16.5. The minimum atomic E-state index is -0.391. The fourth-order valence-corrected chi connectivity index (χ4v) is 2.71. The Morgan fingerprint density at radius 2 is 2.05 bits per heavy atom. The lowest BCUT2D eigenvalue weighted by Crippen LogP contribution is -2.24. The highest BCUT2D eigenvalue weighted by Gasteiger charge is 2.30. The van der Waals surface area contributed by atoms with Gasteiger partial charge in [0.1, 0.15) is 5.75 Å². The van der Waals surface area contributed by atoms with Crippen molar-refractivity contribution < 1.29 is 19.7 Å². The van der Waals surface area contributed by atoms with Gasteiger partial charge in [-0.15, -0.1) is 0 Å². The van der Waals surface area contributed by atoms with Crippen molar-refractivity contribution in [2.75, 3.05) is 12.4 Å². The Kier molecular flexibility index (Phi) is 3.36. The monoisotopic (exact) mass is 300 g/mol. The third-order valence-electron chi connectivity index (χ3n) is 3.76. The molecule has 0 aliphatic carbocycles. The minimum absolute atomic E-state index is 0.0447. The van der Waals surface area contributed by atoms with Crippen LogP contribution in [0.2, 0.25) is 0 Å². The first-order valence-corrected chi connectivity index (χ1v) is 6.87. The van der Waals surface area contributed by atoms with Crippen LogP contribution in [0.25, 0.3) is 0 Å². The lowest BCUT2D eigenvalue weighted by Gasteiger charge is -2.26. The van der Waals surface area contributed by atoms with E-state index in [9.17, 15) is 15.0 Å². The standard InChI is InChI=1S/C16H16N2O4/c1-8-3-4-12(19)16(17-8)10-6-15(21)18-11-7-13(20)14(22-2)5-9(10)11/h3-5,7,10,19-20H,6H2,1-2H3,(H,18,21)/t10-/m0/s1. The molecule has 3 rings (SSSR count). The molecule has 1 aliphatic rings. The van der Waals surface area contributed by atoms with Crippen LogP contribution < -0.4 is 10.1 Å². The van der Waals surface area contributed by atoms with Crippen LogP contribution in [0.5, 0.6) is 17.2 Å². The molecule has 0 fully saturated rings. The molecule has 0 radical (unpaired) electrons. The van der Waals surface area contributed by atoms with E-state index in [1.54, 1.807) is 18.2 Å². The third kappa shape index (κ3) is 2.32. The molecule has 1 aromatic carbocycles. The first-order chi connectivity index (χ1) is 10.5. The number of hydrogen-bond donors (Lipinski definition) is 3. The van der Waals surface area contributed by atoms with Crippen molar-refractivity contribution >= 4 is 11.6 Å². The van der Waals surface area contributed by atoms with Gasteiger partial charge in [0.15, 0.2) is 11.5 Å². The number of amides is 1. The van der Waals surface area contributed by atoms with Crippen molar-refractivity contribution in [3.05, 3.63) is 41.2 Å². The predicted molar refractivity (Wildman–Crippen MR) is 80.4 cm³/mol. The molecule has 0 saturated heterocycles. The van der Waals surface area contributed by atoms with Gasteiger partial charge in [-0.3, -0.25) is 9.78 Å². The van der Waals surface area contributed by atoms with Crippen molar-refractivity contribution in [2.45, 2.75) is 19.3 Å². The van der Waals surface area contributed by atoms with Gasteiger partial charge in [-0.1, -0.05) is 0 Å². The van der Waals surface area contributed by atoms with Crippen LogP contribution in [0.4, 0.5) is 5.69 Å². The van der Waals surface area contributed by atoms with E-state index in [0.717, 1.165) is 11.3 Å². The summed E-state index contributed by atoms with van der Waals surface area (Å²) in [5.74, 6) is -0.276. The molecule has 1 aromatic heterocycles. The van der Waals surface area contributed by atoms with Gasteiger partial charge in [-0.2, -0.15) is 0 Å². The molecule has 114 valence electrons. The Morgan fingerprint density at radius 3 is 2.77 bits per heavy atom. The van der Waals surface area contributed by atoms with Gasteiger partial charge >= 0.3 is 0 Å². The zero-order valence-electron chi connectivity index (χ0n) is 12.3. The molecule has 0 saturated carbocycles. The van der Waals surface area contributed by atoms with Crippen molar-refractivity contribution in [2.24, 2.45) is 0 Å². The quantitative estimate of drug-likeness (QED) is 0.791. The SMILES string of the molecule is COc1cc2c(cc1O)NC(=O)C[C@@H]2c1nc(C)ccc1O. The largest absolute Gasteiger partial charge is 0.506 e. The summed E-state index contributed by atoms with van der Waals surface area (Å²) < 4.78 is 5.13. The number of anilines is 1. The number of pyridine rings is 1. The molecular weight excluding hydrogens is 284 g/mol. The number of phenols is 1. The maximum atomic E-state index is 11.9. The Labute approximate surface area is 127 Å². The highest BCUT2D eigenvalue weighted by Crippen LogP contribution is 2.43. The summed E-state index contributed by atoms with van der Waals surface area (Å²) >= 11 is 0. The fourth-order valence-electron chi connectivity index (χ4n) is 2.71. The molecule has 3 N–H and O–H groups in total. The number of carbonyl (C=O) groups is 1. The molecule has 1 amide bonds. The third-order valence-corrected chi connectivity index (χ3v) is 3.76. The average Bonchev–Trinajstić information content (AvgIpc) is 2.48. The van der Waals surface area contributed by atoms with Crippen LogP contribution in [-0.4, -0.2) is 28.2 Å². The molecule has 0 bridgehead atoms. The second kappa shape index (κ2) is 5.22. The number of phenolic OH excluding ortho intramolecular Hbond substituents is 1.